The molecule has 2 heterocycles. The van der Waals surface area contributed by atoms with Gasteiger partial charge in [-0.2, -0.15) is 0 Å². The summed E-state index contributed by atoms with van der Waals surface area (Å²) in [5, 5.41) is 3.47. The van der Waals surface area contributed by atoms with Crippen LogP contribution in [0.3, 0.4) is 0 Å². The molecule has 0 aromatic rings. The van der Waals surface area contributed by atoms with Gasteiger partial charge in [0.25, 0.3) is 0 Å². The Morgan fingerprint density at radius 2 is 2.33 bits per heavy atom. The van der Waals surface area contributed by atoms with Gasteiger partial charge in [-0.25, -0.2) is 0 Å². The fourth-order valence-corrected chi connectivity index (χ4v) is 2.03. The number of hydrogen-bond acceptors (Lipinski definition) is 3. The van der Waals surface area contributed by atoms with Gasteiger partial charge in [-0.05, 0) is 5.92 Å². The molecule has 0 amide bonds. The van der Waals surface area contributed by atoms with Crippen molar-refractivity contribution in [1.29, 1.82) is 0 Å². The Balaban J connectivity index is 1.65. The van der Waals surface area contributed by atoms with Crippen molar-refractivity contribution < 1.29 is 4.74 Å². The van der Waals surface area contributed by atoms with Crippen LogP contribution in [-0.4, -0.2) is 50.3 Å². The lowest BCUT2D eigenvalue weighted by atomic mass is 10.0. The molecule has 2 saturated heterocycles. The first-order chi connectivity index (χ1) is 5.84. The van der Waals surface area contributed by atoms with Gasteiger partial charge >= 0.3 is 0 Å². The third-order valence-corrected chi connectivity index (χ3v) is 2.62. The van der Waals surface area contributed by atoms with Gasteiger partial charge in [-0.3, -0.25) is 0 Å². The SMILES string of the molecule is CC1CN(CC2COCCN2)C1. The van der Waals surface area contributed by atoms with Gasteiger partial charge < -0.3 is 15.0 Å². The fraction of sp³-hybridized carbons (Fsp3) is 1.00. The number of rotatable bonds is 2. The predicted octanol–water partition coefficient (Wildman–Crippen LogP) is -0.0735. The normalized spacial score (nSPS) is 33.2. The van der Waals surface area contributed by atoms with Gasteiger partial charge in [0.1, 0.15) is 0 Å². The molecule has 12 heavy (non-hydrogen) atoms. The molecule has 70 valence electrons. The maximum Gasteiger partial charge on any atom is 0.0632 e. The van der Waals surface area contributed by atoms with E-state index in [1.165, 1.54) is 19.6 Å². The standard InChI is InChI=1S/C9H18N2O/c1-8-4-11(5-8)6-9-7-12-3-2-10-9/h8-10H,2-7H2,1H3. The third-order valence-electron chi connectivity index (χ3n) is 2.62. The summed E-state index contributed by atoms with van der Waals surface area (Å²) in [5.41, 5.74) is 0. The van der Waals surface area contributed by atoms with E-state index >= 15 is 0 Å². The maximum absolute atomic E-state index is 5.39. The van der Waals surface area contributed by atoms with Crippen molar-refractivity contribution in [2.75, 3.05) is 39.4 Å². The highest BCUT2D eigenvalue weighted by atomic mass is 16.5. The largest absolute Gasteiger partial charge is 0.378 e. The summed E-state index contributed by atoms with van der Waals surface area (Å²) in [6.07, 6.45) is 0. The summed E-state index contributed by atoms with van der Waals surface area (Å²) in [6, 6.07) is 0.575. The fourth-order valence-electron chi connectivity index (χ4n) is 2.03. The van der Waals surface area contributed by atoms with Crippen molar-refractivity contribution >= 4 is 0 Å². The van der Waals surface area contributed by atoms with Crippen LogP contribution in [0.5, 0.6) is 0 Å². The molecule has 2 aliphatic heterocycles. The van der Waals surface area contributed by atoms with Crippen LogP contribution < -0.4 is 5.32 Å². The minimum atomic E-state index is 0.575. The Morgan fingerprint density at radius 1 is 1.50 bits per heavy atom. The summed E-state index contributed by atoms with van der Waals surface area (Å²) in [5.74, 6) is 0.912. The number of hydrogen-bond donors (Lipinski definition) is 1. The summed E-state index contributed by atoms with van der Waals surface area (Å²) >= 11 is 0. The molecule has 0 spiro atoms. The number of ether oxygens (including phenoxy) is 1. The Morgan fingerprint density at radius 3 is 2.92 bits per heavy atom. The molecular weight excluding hydrogens is 152 g/mol. The predicted molar refractivity (Wildman–Crippen MR) is 48.2 cm³/mol. The molecule has 2 aliphatic rings. The molecular formula is C9H18N2O. The summed E-state index contributed by atoms with van der Waals surface area (Å²) < 4.78 is 5.39. The summed E-state index contributed by atoms with van der Waals surface area (Å²) in [4.78, 5) is 2.50. The van der Waals surface area contributed by atoms with Crippen LogP contribution in [0.25, 0.3) is 0 Å². The zero-order chi connectivity index (χ0) is 8.39. The first-order valence-corrected chi connectivity index (χ1v) is 4.88. The van der Waals surface area contributed by atoms with E-state index in [2.05, 4.69) is 17.1 Å². The Bertz CT molecular complexity index is 139. The average molecular weight is 170 g/mol. The zero-order valence-corrected chi connectivity index (χ0v) is 7.75. The van der Waals surface area contributed by atoms with E-state index in [0.29, 0.717) is 6.04 Å². The smallest absolute Gasteiger partial charge is 0.0632 e. The maximum atomic E-state index is 5.39. The molecule has 3 heteroatoms. The van der Waals surface area contributed by atoms with Crippen molar-refractivity contribution in [3.8, 4) is 0 Å². The van der Waals surface area contributed by atoms with E-state index in [9.17, 15) is 0 Å². The topological polar surface area (TPSA) is 24.5 Å². The van der Waals surface area contributed by atoms with E-state index in [4.69, 9.17) is 4.74 Å². The van der Waals surface area contributed by atoms with E-state index in [1.54, 1.807) is 0 Å². The molecule has 0 aliphatic carbocycles. The van der Waals surface area contributed by atoms with Crippen molar-refractivity contribution in [3.05, 3.63) is 0 Å². The van der Waals surface area contributed by atoms with Crippen LogP contribution in [0.15, 0.2) is 0 Å². The Hall–Kier alpha value is -0.120. The molecule has 3 nitrogen and oxygen atoms in total. The highest BCUT2D eigenvalue weighted by molar-refractivity contribution is 4.82. The van der Waals surface area contributed by atoms with Crippen molar-refractivity contribution in [3.63, 3.8) is 0 Å². The van der Waals surface area contributed by atoms with Crippen molar-refractivity contribution in [1.82, 2.24) is 10.2 Å². The monoisotopic (exact) mass is 170 g/mol. The van der Waals surface area contributed by atoms with Crippen LogP contribution in [0.2, 0.25) is 0 Å². The summed E-state index contributed by atoms with van der Waals surface area (Å²) in [7, 11) is 0. The van der Waals surface area contributed by atoms with E-state index in [-0.39, 0.29) is 0 Å². The van der Waals surface area contributed by atoms with Crippen LogP contribution >= 0.6 is 0 Å². The average Bonchev–Trinajstić information content (AvgIpc) is 2.04. The second-order valence-corrected chi connectivity index (χ2v) is 4.05. The first-order valence-electron chi connectivity index (χ1n) is 4.88. The molecule has 0 aromatic heterocycles. The lowest BCUT2D eigenvalue weighted by Gasteiger charge is -2.40. The third kappa shape index (κ3) is 1.97. The Kier molecular flexibility index (Phi) is 2.63. The number of nitrogens with one attached hydrogen (secondary N) is 1. The van der Waals surface area contributed by atoms with Gasteiger partial charge in [0, 0.05) is 32.2 Å². The molecule has 0 bridgehead atoms. The second-order valence-electron chi connectivity index (χ2n) is 4.05. The number of likely N-dealkylation sites (tertiary alicyclic amines) is 1. The van der Waals surface area contributed by atoms with Crippen LogP contribution in [0.1, 0.15) is 6.92 Å². The van der Waals surface area contributed by atoms with Crippen LogP contribution in [-0.2, 0) is 4.74 Å². The molecule has 0 saturated carbocycles. The first kappa shape index (κ1) is 8.48. The van der Waals surface area contributed by atoms with Gasteiger partial charge in [0.05, 0.1) is 13.2 Å². The highest BCUT2D eigenvalue weighted by Crippen LogP contribution is 2.14. The quantitative estimate of drug-likeness (QED) is 0.627. The lowest BCUT2D eigenvalue weighted by Crippen LogP contribution is -2.54. The van der Waals surface area contributed by atoms with Crippen LogP contribution in [0, 0.1) is 5.92 Å². The van der Waals surface area contributed by atoms with Crippen LogP contribution in [0.4, 0.5) is 0 Å². The minimum Gasteiger partial charge on any atom is -0.378 e. The molecule has 1 unspecified atom stereocenters. The van der Waals surface area contributed by atoms with E-state index in [1.807, 2.05) is 0 Å². The summed E-state index contributed by atoms with van der Waals surface area (Å²) in [6.45, 7) is 8.83. The number of nitrogens with zero attached hydrogens (tertiary/aromatic N) is 1. The molecule has 1 N–H and O–H groups in total. The molecule has 1 atom stereocenters. The molecule has 0 aromatic carbocycles. The van der Waals surface area contributed by atoms with Gasteiger partial charge in [-0.15, -0.1) is 0 Å². The molecule has 2 rings (SSSR count). The Labute approximate surface area is 74.1 Å². The number of morpholine rings is 1. The van der Waals surface area contributed by atoms with Gasteiger partial charge in [0.2, 0.25) is 0 Å². The van der Waals surface area contributed by atoms with Gasteiger partial charge in [0.15, 0.2) is 0 Å². The minimum absolute atomic E-state index is 0.575. The van der Waals surface area contributed by atoms with Gasteiger partial charge in [-0.1, -0.05) is 6.92 Å². The van der Waals surface area contributed by atoms with Crippen molar-refractivity contribution in [2.24, 2.45) is 5.92 Å². The molecule has 2 fully saturated rings. The highest BCUT2D eigenvalue weighted by Gasteiger charge is 2.25. The zero-order valence-electron chi connectivity index (χ0n) is 7.75. The molecule has 0 radical (unpaired) electrons. The van der Waals surface area contributed by atoms with Crippen molar-refractivity contribution in [2.45, 2.75) is 13.0 Å². The van der Waals surface area contributed by atoms with E-state index < -0.39 is 0 Å². The van der Waals surface area contributed by atoms with E-state index in [0.717, 1.165) is 25.7 Å². The second kappa shape index (κ2) is 3.73. The lowest BCUT2D eigenvalue weighted by molar-refractivity contribution is 0.0363.